The topological polar surface area (TPSA) is 64.3 Å². The Morgan fingerprint density at radius 1 is 1.53 bits per heavy atom. The van der Waals surface area contributed by atoms with Crippen molar-refractivity contribution in [3.8, 4) is 0 Å². The first-order valence-corrected chi connectivity index (χ1v) is 5.82. The van der Waals surface area contributed by atoms with Crippen LogP contribution in [0.1, 0.15) is 32.6 Å². The third-order valence-corrected chi connectivity index (χ3v) is 2.82. The molecule has 3 N–H and O–H groups in total. The summed E-state index contributed by atoms with van der Waals surface area (Å²) < 4.78 is 5.22. The van der Waals surface area contributed by atoms with E-state index in [2.05, 4.69) is 5.32 Å². The summed E-state index contributed by atoms with van der Waals surface area (Å²) >= 11 is 0. The summed E-state index contributed by atoms with van der Waals surface area (Å²) in [4.78, 5) is 11.8. The van der Waals surface area contributed by atoms with Crippen LogP contribution >= 0.6 is 0 Å². The van der Waals surface area contributed by atoms with Crippen LogP contribution in [0, 0.1) is 5.92 Å². The summed E-state index contributed by atoms with van der Waals surface area (Å²) in [6.45, 7) is 4.16. The minimum Gasteiger partial charge on any atom is -0.381 e. The van der Waals surface area contributed by atoms with E-state index in [-0.39, 0.29) is 17.9 Å². The van der Waals surface area contributed by atoms with Crippen LogP contribution in [0.2, 0.25) is 0 Å². The molecule has 88 valence electrons. The highest BCUT2D eigenvalue weighted by Gasteiger charge is 2.22. The van der Waals surface area contributed by atoms with E-state index in [0.717, 1.165) is 38.9 Å². The van der Waals surface area contributed by atoms with E-state index in [4.69, 9.17) is 10.5 Å². The van der Waals surface area contributed by atoms with Crippen molar-refractivity contribution in [2.24, 2.45) is 11.7 Å². The van der Waals surface area contributed by atoms with Crippen molar-refractivity contribution in [3.05, 3.63) is 0 Å². The monoisotopic (exact) mass is 214 g/mol. The highest BCUT2D eigenvalue weighted by atomic mass is 16.5. The number of rotatable bonds is 5. The molecule has 4 heteroatoms. The maximum Gasteiger partial charge on any atom is 0.223 e. The lowest BCUT2D eigenvalue weighted by Gasteiger charge is -2.23. The van der Waals surface area contributed by atoms with Gasteiger partial charge < -0.3 is 15.8 Å². The van der Waals surface area contributed by atoms with E-state index >= 15 is 0 Å². The van der Waals surface area contributed by atoms with E-state index in [1.807, 2.05) is 6.92 Å². The smallest absolute Gasteiger partial charge is 0.223 e. The average molecular weight is 214 g/mol. The van der Waals surface area contributed by atoms with Crippen LogP contribution in [0.25, 0.3) is 0 Å². The number of amides is 1. The molecule has 0 aliphatic carbocycles. The second-order valence-electron chi connectivity index (χ2n) is 4.23. The lowest BCUT2D eigenvalue weighted by atomic mass is 9.99. The van der Waals surface area contributed by atoms with E-state index in [9.17, 15) is 4.79 Å². The molecule has 1 aliphatic rings. The second-order valence-corrected chi connectivity index (χ2v) is 4.23. The van der Waals surface area contributed by atoms with Crippen molar-refractivity contribution in [1.82, 2.24) is 5.32 Å². The van der Waals surface area contributed by atoms with Crippen molar-refractivity contribution in [2.45, 2.75) is 38.6 Å². The van der Waals surface area contributed by atoms with Crippen molar-refractivity contribution >= 4 is 5.91 Å². The molecule has 1 fully saturated rings. The van der Waals surface area contributed by atoms with E-state index in [1.165, 1.54) is 0 Å². The standard InChI is InChI=1S/C11H22N2O2/c1-9(3-2-6-12)13-11(14)10-4-7-15-8-5-10/h9-10H,2-8,12H2,1H3,(H,13,14). The van der Waals surface area contributed by atoms with Crippen molar-refractivity contribution in [2.75, 3.05) is 19.8 Å². The van der Waals surface area contributed by atoms with Crippen molar-refractivity contribution in [3.63, 3.8) is 0 Å². The second kappa shape index (κ2) is 6.80. The Kier molecular flexibility index (Phi) is 5.65. The highest BCUT2D eigenvalue weighted by molar-refractivity contribution is 5.78. The number of nitrogens with two attached hydrogens (primary N) is 1. The fourth-order valence-corrected chi connectivity index (χ4v) is 1.82. The number of ether oxygens (including phenoxy) is 1. The van der Waals surface area contributed by atoms with Gasteiger partial charge in [0, 0.05) is 25.2 Å². The maximum absolute atomic E-state index is 11.8. The van der Waals surface area contributed by atoms with Crippen molar-refractivity contribution in [1.29, 1.82) is 0 Å². The molecule has 0 aromatic heterocycles. The van der Waals surface area contributed by atoms with Gasteiger partial charge >= 0.3 is 0 Å². The van der Waals surface area contributed by atoms with Gasteiger partial charge in [-0.1, -0.05) is 0 Å². The summed E-state index contributed by atoms with van der Waals surface area (Å²) in [7, 11) is 0. The Morgan fingerprint density at radius 3 is 2.80 bits per heavy atom. The fraction of sp³-hybridized carbons (Fsp3) is 0.909. The Labute approximate surface area is 91.5 Å². The van der Waals surface area contributed by atoms with Crippen molar-refractivity contribution < 1.29 is 9.53 Å². The maximum atomic E-state index is 11.8. The molecule has 0 radical (unpaired) electrons. The van der Waals surface area contributed by atoms with E-state index < -0.39 is 0 Å². The van der Waals surface area contributed by atoms with Crippen LogP contribution < -0.4 is 11.1 Å². The Balaban J connectivity index is 2.21. The molecule has 15 heavy (non-hydrogen) atoms. The van der Waals surface area contributed by atoms with E-state index in [1.54, 1.807) is 0 Å². The molecule has 0 aromatic rings. The van der Waals surface area contributed by atoms with Crippen LogP contribution in [0.15, 0.2) is 0 Å². The van der Waals surface area contributed by atoms with E-state index in [0.29, 0.717) is 6.54 Å². The van der Waals surface area contributed by atoms with Gasteiger partial charge in [0.25, 0.3) is 0 Å². The molecule has 1 atom stereocenters. The first-order chi connectivity index (χ1) is 7.24. The first kappa shape index (κ1) is 12.5. The molecule has 1 aliphatic heterocycles. The largest absolute Gasteiger partial charge is 0.381 e. The predicted octanol–water partition coefficient (Wildman–Crippen LogP) is 0.657. The minimum atomic E-state index is 0.152. The zero-order valence-electron chi connectivity index (χ0n) is 9.50. The molecule has 1 unspecified atom stereocenters. The highest BCUT2D eigenvalue weighted by Crippen LogP contribution is 2.14. The molecule has 0 aromatic carbocycles. The van der Waals surface area contributed by atoms with Gasteiger partial charge in [-0.05, 0) is 39.2 Å². The van der Waals surface area contributed by atoms with Gasteiger partial charge in [-0.2, -0.15) is 0 Å². The zero-order chi connectivity index (χ0) is 11.1. The molecular weight excluding hydrogens is 192 g/mol. The molecule has 1 amide bonds. The summed E-state index contributed by atoms with van der Waals surface area (Å²) in [5.74, 6) is 0.335. The van der Waals surface area contributed by atoms with Gasteiger partial charge in [0.2, 0.25) is 5.91 Å². The number of carbonyl (C=O) groups excluding carboxylic acids is 1. The van der Waals surface area contributed by atoms with Gasteiger partial charge in [0.15, 0.2) is 0 Å². The molecule has 0 saturated carbocycles. The fourth-order valence-electron chi connectivity index (χ4n) is 1.82. The summed E-state index contributed by atoms with van der Waals surface area (Å²) in [5, 5.41) is 3.03. The summed E-state index contributed by atoms with van der Waals surface area (Å²) in [6.07, 6.45) is 3.64. The lowest BCUT2D eigenvalue weighted by Crippen LogP contribution is -2.39. The quantitative estimate of drug-likeness (QED) is 0.706. The van der Waals surface area contributed by atoms with Crippen LogP contribution in [-0.4, -0.2) is 31.7 Å². The third-order valence-electron chi connectivity index (χ3n) is 2.82. The molecule has 4 nitrogen and oxygen atoms in total. The number of carbonyl (C=O) groups is 1. The number of hydrogen-bond donors (Lipinski definition) is 2. The van der Waals surface area contributed by atoms with Gasteiger partial charge in [-0.3, -0.25) is 4.79 Å². The zero-order valence-corrected chi connectivity index (χ0v) is 9.50. The molecular formula is C11H22N2O2. The van der Waals surface area contributed by atoms with Crippen LogP contribution in [-0.2, 0) is 9.53 Å². The molecule has 1 heterocycles. The Bertz CT molecular complexity index is 191. The Morgan fingerprint density at radius 2 is 2.20 bits per heavy atom. The molecule has 1 saturated heterocycles. The number of hydrogen-bond acceptors (Lipinski definition) is 3. The SMILES string of the molecule is CC(CCCN)NC(=O)C1CCOCC1. The van der Waals surface area contributed by atoms with Gasteiger partial charge in [0.1, 0.15) is 0 Å². The third kappa shape index (κ3) is 4.62. The van der Waals surface area contributed by atoms with Crippen LogP contribution in [0.5, 0.6) is 0 Å². The molecule has 0 bridgehead atoms. The normalized spacial score (nSPS) is 19.9. The lowest BCUT2D eigenvalue weighted by molar-refractivity contribution is -0.128. The number of nitrogens with one attached hydrogen (secondary N) is 1. The Hall–Kier alpha value is -0.610. The average Bonchev–Trinajstić information content (AvgIpc) is 2.27. The summed E-state index contributed by atoms with van der Waals surface area (Å²) in [5.41, 5.74) is 5.42. The minimum absolute atomic E-state index is 0.152. The first-order valence-electron chi connectivity index (χ1n) is 5.82. The summed E-state index contributed by atoms with van der Waals surface area (Å²) in [6, 6.07) is 0.240. The van der Waals surface area contributed by atoms with Gasteiger partial charge in [-0.25, -0.2) is 0 Å². The molecule has 1 rings (SSSR count). The van der Waals surface area contributed by atoms with Crippen LogP contribution in [0.4, 0.5) is 0 Å². The van der Waals surface area contributed by atoms with Gasteiger partial charge in [0.05, 0.1) is 0 Å². The van der Waals surface area contributed by atoms with Gasteiger partial charge in [-0.15, -0.1) is 0 Å². The molecule has 0 spiro atoms. The predicted molar refractivity (Wildman–Crippen MR) is 59.4 cm³/mol. The van der Waals surface area contributed by atoms with Crippen LogP contribution in [0.3, 0.4) is 0 Å².